The molecule has 6 nitrogen and oxygen atoms in total. The molecule has 1 unspecified atom stereocenters. The van der Waals surface area contributed by atoms with E-state index in [0.29, 0.717) is 16.1 Å². The van der Waals surface area contributed by atoms with E-state index in [1.165, 1.54) is 22.7 Å². The molecule has 2 aliphatic heterocycles. The Balaban J connectivity index is 1.25. The summed E-state index contributed by atoms with van der Waals surface area (Å²) < 4.78 is 8.22. The van der Waals surface area contributed by atoms with E-state index in [2.05, 4.69) is 5.32 Å². The van der Waals surface area contributed by atoms with E-state index >= 15 is 0 Å². The maximum atomic E-state index is 13.8. The largest absolute Gasteiger partial charge is 0.469 e. The number of hydrogen-bond donors (Lipinski definition) is 1. The number of amides is 2. The standard InChI is InChI=1S/C35H26N2O4S4/c38-25-19-27(45-26-16-17-43-32(25)26)24-20-44-34-29(36-28(39)18-21-10-4-1-5-11-21)33(40)37(34)30(24)35(42)41-31(22-12-6-2-7-13-22)23-14-8-3-9-15-23/h1-17,19,29,31,34H,18,20H2,(H,36,39)/t29?,34-/m1/s1. The van der Waals surface area contributed by atoms with Crippen molar-refractivity contribution in [3.8, 4) is 0 Å². The molecule has 2 atom stereocenters. The molecule has 0 bridgehead atoms. The molecule has 7 rings (SSSR count). The van der Waals surface area contributed by atoms with Crippen LogP contribution in [0.2, 0.25) is 0 Å². The average molecular weight is 667 g/mol. The Kier molecular flexibility index (Phi) is 8.37. The second-order valence-electron chi connectivity index (χ2n) is 10.6. The summed E-state index contributed by atoms with van der Waals surface area (Å²) in [6.07, 6.45) is -0.334. The van der Waals surface area contributed by atoms with Crippen LogP contribution in [0.5, 0.6) is 0 Å². The van der Waals surface area contributed by atoms with Gasteiger partial charge in [-0.3, -0.25) is 19.3 Å². The third-order valence-corrected chi connectivity index (χ3v) is 11.5. The number of β-lactam (4-membered cyclic amide) rings is 1. The van der Waals surface area contributed by atoms with Gasteiger partial charge in [0.2, 0.25) is 11.0 Å². The number of ether oxygens (including phenoxy) is 1. The molecule has 4 heterocycles. The SMILES string of the molecule is O=C(Cc1ccccc1)NC1C(=O)N2C(C(=S)OC(c3ccccc3)c3ccccc3)=C(c3cc(=O)c4sccc4s3)CS[C@H]12. The maximum Gasteiger partial charge on any atom is 0.253 e. The van der Waals surface area contributed by atoms with Crippen LogP contribution in [-0.4, -0.2) is 38.9 Å². The van der Waals surface area contributed by atoms with Crippen molar-refractivity contribution in [1.82, 2.24) is 10.2 Å². The summed E-state index contributed by atoms with van der Waals surface area (Å²) in [5.74, 6) is 0.0157. The highest BCUT2D eigenvalue weighted by atomic mass is 32.2. The monoisotopic (exact) mass is 666 g/mol. The molecule has 2 aliphatic rings. The number of nitrogens with one attached hydrogen (secondary N) is 1. The lowest BCUT2D eigenvalue weighted by molar-refractivity contribution is -0.145. The van der Waals surface area contributed by atoms with Crippen molar-refractivity contribution in [2.75, 3.05) is 5.75 Å². The second-order valence-corrected chi connectivity index (χ2v) is 14.1. The number of thiophene rings is 1. The molecule has 0 aliphatic carbocycles. The molecule has 3 aromatic carbocycles. The third kappa shape index (κ3) is 5.86. The molecule has 1 fully saturated rings. The van der Waals surface area contributed by atoms with Gasteiger partial charge in [0.25, 0.3) is 5.91 Å². The Labute approximate surface area is 277 Å². The molecular formula is C35H26N2O4S4. The predicted octanol–water partition coefficient (Wildman–Crippen LogP) is 6.81. The number of rotatable bonds is 8. The summed E-state index contributed by atoms with van der Waals surface area (Å²) in [5, 5.41) is 4.67. The number of thioether (sulfide) groups is 1. The molecule has 224 valence electrons. The zero-order chi connectivity index (χ0) is 30.9. The molecule has 5 aromatic rings. The zero-order valence-corrected chi connectivity index (χ0v) is 27.0. The lowest BCUT2D eigenvalue weighted by atomic mass is 10.00. The fourth-order valence-electron chi connectivity index (χ4n) is 5.59. The highest BCUT2D eigenvalue weighted by Crippen LogP contribution is 2.46. The van der Waals surface area contributed by atoms with Crippen molar-refractivity contribution in [3.05, 3.63) is 146 Å². The molecule has 0 radical (unpaired) electrons. The van der Waals surface area contributed by atoms with Crippen LogP contribution in [0.25, 0.3) is 15.0 Å². The number of hydrogen-bond acceptors (Lipinski definition) is 8. The minimum absolute atomic E-state index is 0.0630. The minimum Gasteiger partial charge on any atom is -0.469 e. The lowest BCUT2D eigenvalue weighted by Crippen LogP contribution is -2.70. The van der Waals surface area contributed by atoms with Crippen LogP contribution in [0, 0.1) is 0 Å². The van der Waals surface area contributed by atoms with E-state index in [9.17, 15) is 14.4 Å². The molecule has 10 heteroatoms. The van der Waals surface area contributed by atoms with Gasteiger partial charge < -0.3 is 10.1 Å². The van der Waals surface area contributed by atoms with Gasteiger partial charge in [-0.25, -0.2) is 0 Å². The van der Waals surface area contributed by atoms with Gasteiger partial charge in [0.15, 0.2) is 5.43 Å². The fourth-order valence-corrected chi connectivity index (χ4v) is 9.44. The van der Waals surface area contributed by atoms with E-state index in [4.69, 9.17) is 17.0 Å². The maximum absolute atomic E-state index is 13.8. The lowest BCUT2D eigenvalue weighted by Gasteiger charge is -2.50. The quantitative estimate of drug-likeness (QED) is 0.145. The van der Waals surface area contributed by atoms with E-state index < -0.39 is 12.1 Å². The van der Waals surface area contributed by atoms with Gasteiger partial charge >= 0.3 is 0 Å². The number of carbonyl (C=O) groups excluding carboxylic acids is 2. The Bertz CT molecular complexity index is 1950. The number of nitrogens with zero attached hydrogens (tertiary/aromatic N) is 1. The van der Waals surface area contributed by atoms with Crippen molar-refractivity contribution in [2.45, 2.75) is 23.9 Å². The first kappa shape index (κ1) is 29.6. The van der Waals surface area contributed by atoms with Crippen molar-refractivity contribution < 1.29 is 14.3 Å². The normalized spacial score (nSPS) is 17.6. The smallest absolute Gasteiger partial charge is 0.253 e. The molecule has 1 N–H and O–H groups in total. The van der Waals surface area contributed by atoms with Crippen LogP contribution in [0.3, 0.4) is 0 Å². The van der Waals surface area contributed by atoms with Gasteiger partial charge in [-0.1, -0.05) is 91.0 Å². The first-order valence-corrected chi connectivity index (χ1v) is 17.5. The van der Waals surface area contributed by atoms with Crippen molar-refractivity contribution in [1.29, 1.82) is 0 Å². The van der Waals surface area contributed by atoms with Crippen LogP contribution in [0.4, 0.5) is 0 Å². The molecule has 1 saturated heterocycles. The van der Waals surface area contributed by atoms with Gasteiger partial charge in [-0.2, -0.15) is 0 Å². The number of thiocarbonyl (C=S) groups is 1. The highest BCUT2D eigenvalue weighted by Gasteiger charge is 2.54. The summed E-state index contributed by atoms with van der Waals surface area (Å²) in [6, 6.07) is 32.0. The Morgan fingerprint density at radius 2 is 1.58 bits per heavy atom. The van der Waals surface area contributed by atoms with Gasteiger partial charge in [0, 0.05) is 27.0 Å². The van der Waals surface area contributed by atoms with Crippen LogP contribution in [0.15, 0.2) is 119 Å². The Hall–Kier alpha value is -4.09. The summed E-state index contributed by atoms with van der Waals surface area (Å²) in [6.45, 7) is 0. The van der Waals surface area contributed by atoms with Crippen LogP contribution >= 0.6 is 46.7 Å². The van der Waals surface area contributed by atoms with Crippen molar-refractivity contribution in [3.63, 3.8) is 0 Å². The van der Waals surface area contributed by atoms with Crippen molar-refractivity contribution in [2.24, 2.45) is 0 Å². The summed E-state index contributed by atoms with van der Waals surface area (Å²) in [5.41, 5.74) is 3.90. The van der Waals surface area contributed by atoms with Gasteiger partial charge in [-0.05, 0) is 40.4 Å². The number of fused-ring (bicyclic) bond motifs is 2. The van der Waals surface area contributed by atoms with Gasteiger partial charge in [0.05, 0.1) is 11.1 Å². The Morgan fingerprint density at radius 1 is 0.933 bits per heavy atom. The van der Waals surface area contributed by atoms with Gasteiger partial charge in [-0.15, -0.1) is 34.4 Å². The molecule has 0 spiro atoms. The first-order valence-electron chi connectivity index (χ1n) is 14.3. The van der Waals surface area contributed by atoms with E-state index in [1.54, 1.807) is 22.7 Å². The number of benzene rings is 3. The molecule has 2 aromatic heterocycles. The summed E-state index contributed by atoms with van der Waals surface area (Å²) in [4.78, 5) is 42.2. The molecule has 0 saturated carbocycles. The van der Waals surface area contributed by atoms with Crippen LogP contribution in [0.1, 0.15) is 27.7 Å². The fraction of sp³-hybridized carbons (Fsp3) is 0.143. The zero-order valence-electron chi connectivity index (χ0n) is 23.8. The first-order chi connectivity index (χ1) is 22.0. The topological polar surface area (TPSA) is 75.7 Å². The van der Waals surface area contributed by atoms with Crippen molar-refractivity contribution >= 4 is 78.5 Å². The molecule has 45 heavy (non-hydrogen) atoms. The summed E-state index contributed by atoms with van der Waals surface area (Å²) in [7, 11) is 0. The molecule has 2 amide bonds. The highest BCUT2D eigenvalue weighted by molar-refractivity contribution is 8.00. The van der Waals surface area contributed by atoms with Crippen LogP contribution < -0.4 is 10.7 Å². The third-order valence-electron chi connectivity index (χ3n) is 7.75. The molecular weight excluding hydrogens is 641 g/mol. The minimum atomic E-state index is -0.692. The van der Waals surface area contributed by atoms with E-state index in [-0.39, 0.29) is 34.1 Å². The Morgan fingerprint density at radius 3 is 2.24 bits per heavy atom. The van der Waals surface area contributed by atoms with E-state index in [0.717, 1.165) is 31.8 Å². The van der Waals surface area contributed by atoms with E-state index in [1.807, 2.05) is 102 Å². The van der Waals surface area contributed by atoms with Gasteiger partial charge in [0.1, 0.15) is 23.2 Å². The van der Waals surface area contributed by atoms with Crippen LogP contribution in [-0.2, 0) is 20.7 Å². The average Bonchev–Trinajstić information content (AvgIpc) is 3.56. The predicted molar refractivity (Wildman–Crippen MR) is 186 cm³/mol. The summed E-state index contributed by atoms with van der Waals surface area (Å²) >= 11 is 10.5. The number of carbonyl (C=O) groups is 2. The second kappa shape index (κ2) is 12.7.